The van der Waals surface area contributed by atoms with Gasteiger partial charge in [0.05, 0.1) is 0 Å². The Kier molecular flexibility index (Phi) is 4.57. The molecule has 0 saturated carbocycles. The number of rotatable bonds is 3. The minimum atomic E-state index is -1.24. The van der Waals surface area contributed by atoms with Gasteiger partial charge in [-0.05, 0) is 35.4 Å². The average Bonchev–Trinajstić information content (AvgIpc) is 2.91. The molecule has 0 radical (unpaired) electrons. The minimum absolute atomic E-state index is 0.268. The number of carboxylic acids is 1. The van der Waals surface area contributed by atoms with Crippen molar-refractivity contribution < 1.29 is 19.5 Å². The summed E-state index contributed by atoms with van der Waals surface area (Å²) in [7, 11) is 1.98. The van der Waals surface area contributed by atoms with Crippen LogP contribution in [0.1, 0.15) is 35.3 Å². The summed E-state index contributed by atoms with van der Waals surface area (Å²) in [5.74, 6) is -2.43. The molecule has 2 amide bonds. The molecule has 2 aliphatic rings. The van der Waals surface area contributed by atoms with Gasteiger partial charge < -0.3 is 10.0 Å². The van der Waals surface area contributed by atoms with Gasteiger partial charge in [-0.1, -0.05) is 50.2 Å². The molecule has 0 unspecified atom stereocenters. The van der Waals surface area contributed by atoms with Gasteiger partial charge in [0, 0.05) is 35.0 Å². The number of hydrogen-bond donors (Lipinski definition) is 1. The number of aliphatic carboxylic acids is 1. The number of fused-ring (bicyclic) bond motifs is 2. The van der Waals surface area contributed by atoms with Gasteiger partial charge in [0.15, 0.2) is 0 Å². The van der Waals surface area contributed by atoms with E-state index in [0.29, 0.717) is 16.7 Å². The number of amides is 2. The topological polar surface area (TPSA) is 77.9 Å². The van der Waals surface area contributed by atoms with E-state index < -0.39 is 24.3 Å². The Labute approximate surface area is 174 Å². The maximum absolute atomic E-state index is 13.0. The van der Waals surface area contributed by atoms with Gasteiger partial charge in [-0.3, -0.25) is 19.3 Å². The molecule has 0 aliphatic carbocycles. The fourth-order valence-corrected chi connectivity index (χ4v) is 4.31. The molecule has 2 aliphatic heterocycles. The maximum Gasteiger partial charge on any atom is 0.323 e. The van der Waals surface area contributed by atoms with Crippen LogP contribution in [-0.4, -0.2) is 41.4 Å². The van der Waals surface area contributed by atoms with E-state index in [9.17, 15) is 14.4 Å². The second-order valence-corrected chi connectivity index (χ2v) is 7.97. The van der Waals surface area contributed by atoms with Crippen molar-refractivity contribution in [2.45, 2.75) is 19.3 Å². The second kappa shape index (κ2) is 6.99. The van der Waals surface area contributed by atoms with E-state index in [1.54, 1.807) is 30.3 Å². The Bertz CT molecular complexity index is 1140. The van der Waals surface area contributed by atoms with Crippen LogP contribution in [0.2, 0.25) is 0 Å². The highest BCUT2D eigenvalue weighted by Crippen LogP contribution is 2.46. The SMILES string of the molecule is CN1/C(=C\C=C2C(=O)N(CC(=O)O)C(=O)c3ccccc32)C(C)(C)c2ccccc21. The van der Waals surface area contributed by atoms with E-state index in [1.165, 1.54) is 5.56 Å². The summed E-state index contributed by atoms with van der Waals surface area (Å²) in [4.78, 5) is 39.8. The van der Waals surface area contributed by atoms with E-state index in [2.05, 4.69) is 30.9 Å². The van der Waals surface area contributed by atoms with Crippen molar-refractivity contribution in [1.29, 1.82) is 0 Å². The van der Waals surface area contributed by atoms with Gasteiger partial charge in [0.25, 0.3) is 11.8 Å². The number of nitrogens with zero attached hydrogens (tertiary/aromatic N) is 2. The van der Waals surface area contributed by atoms with Gasteiger partial charge in [0.2, 0.25) is 0 Å². The van der Waals surface area contributed by atoms with Crippen LogP contribution in [0.4, 0.5) is 5.69 Å². The van der Waals surface area contributed by atoms with Crippen molar-refractivity contribution in [2.24, 2.45) is 0 Å². The highest BCUT2D eigenvalue weighted by Gasteiger charge is 2.39. The van der Waals surface area contributed by atoms with E-state index in [-0.39, 0.29) is 5.41 Å². The predicted molar refractivity (Wildman–Crippen MR) is 114 cm³/mol. The second-order valence-electron chi connectivity index (χ2n) is 7.97. The van der Waals surface area contributed by atoms with Crippen molar-refractivity contribution in [1.82, 2.24) is 4.90 Å². The maximum atomic E-state index is 13.0. The lowest BCUT2D eigenvalue weighted by molar-refractivity contribution is -0.141. The zero-order valence-corrected chi connectivity index (χ0v) is 17.0. The third-order valence-corrected chi connectivity index (χ3v) is 5.81. The highest BCUT2D eigenvalue weighted by molar-refractivity contribution is 6.31. The van der Waals surface area contributed by atoms with Crippen molar-refractivity contribution in [3.8, 4) is 0 Å². The first kappa shape index (κ1) is 19.6. The van der Waals surface area contributed by atoms with Crippen LogP contribution >= 0.6 is 0 Å². The Hall–Kier alpha value is -3.67. The minimum Gasteiger partial charge on any atom is -0.480 e. The molecule has 2 aromatic rings. The molecule has 0 aromatic heterocycles. The lowest BCUT2D eigenvalue weighted by atomic mass is 9.83. The van der Waals surface area contributed by atoms with Crippen LogP contribution in [-0.2, 0) is 15.0 Å². The molecule has 0 spiro atoms. The average molecular weight is 402 g/mol. The number of hydrogen-bond acceptors (Lipinski definition) is 4. The standard InChI is InChI=1S/C24H22N2O4/c1-24(2)18-10-6-7-11-19(18)25(3)20(24)13-12-17-15-8-4-5-9-16(15)22(29)26(23(17)30)14-21(27)28/h4-13H,14H2,1-3H3,(H,27,28)/b17-12?,20-13-. The van der Waals surface area contributed by atoms with Gasteiger partial charge in [-0.2, -0.15) is 0 Å². The van der Waals surface area contributed by atoms with Crippen LogP contribution in [0.3, 0.4) is 0 Å². The molecule has 6 nitrogen and oxygen atoms in total. The molecule has 0 saturated heterocycles. The van der Waals surface area contributed by atoms with E-state index in [0.717, 1.165) is 16.3 Å². The van der Waals surface area contributed by atoms with Crippen molar-refractivity contribution in [3.05, 3.63) is 83.1 Å². The van der Waals surface area contributed by atoms with E-state index in [1.807, 2.05) is 25.3 Å². The zero-order chi connectivity index (χ0) is 21.6. The summed E-state index contributed by atoms with van der Waals surface area (Å²) in [6.07, 6.45) is 3.58. The molecular weight excluding hydrogens is 380 g/mol. The quantitative estimate of drug-likeness (QED) is 0.629. The number of carbonyl (C=O) groups is 3. The molecule has 4 rings (SSSR count). The van der Waals surface area contributed by atoms with Gasteiger partial charge in [0.1, 0.15) is 6.54 Å². The summed E-state index contributed by atoms with van der Waals surface area (Å²) in [5, 5.41) is 9.16. The van der Waals surface area contributed by atoms with Crippen molar-refractivity contribution >= 4 is 29.0 Å². The molecule has 0 atom stereocenters. The van der Waals surface area contributed by atoms with Crippen LogP contribution in [0.15, 0.2) is 66.4 Å². The third kappa shape index (κ3) is 2.92. The fourth-order valence-electron chi connectivity index (χ4n) is 4.31. The molecule has 2 heterocycles. The molecule has 1 N–H and O–H groups in total. The number of anilines is 1. The predicted octanol–water partition coefficient (Wildman–Crippen LogP) is 3.45. The van der Waals surface area contributed by atoms with Gasteiger partial charge in [-0.15, -0.1) is 0 Å². The van der Waals surface area contributed by atoms with Crippen LogP contribution in [0, 0.1) is 0 Å². The first-order chi connectivity index (χ1) is 14.2. The molecule has 30 heavy (non-hydrogen) atoms. The van der Waals surface area contributed by atoms with Gasteiger partial charge in [-0.25, -0.2) is 0 Å². The summed E-state index contributed by atoms with van der Waals surface area (Å²) in [5.41, 5.74) is 4.17. The summed E-state index contributed by atoms with van der Waals surface area (Å²) in [6.45, 7) is 3.57. The summed E-state index contributed by atoms with van der Waals surface area (Å²) < 4.78 is 0. The van der Waals surface area contributed by atoms with Gasteiger partial charge >= 0.3 is 5.97 Å². The Morgan fingerprint density at radius 1 is 0.967 bits per heavy atom. The third-order valence-electron chi connectivity index (χ3n) is 5.81. The molecule has 2 aromatic carbocycles. The number of likely N-dealkylation sites (N-methyl/N-ethyl adjacent to an activating group) is 1. The lowest BCUT2D eigenvalue weighted by Crippen LogP contribution is -2.44. The van der Waals surface area contributed by atoms with Crippen LogP contribution < -0.4 is 4.90 Å². The van der Waals surface area contributed by atoms with E-state index >= 15 is 0 Å². The number of allylic oxidation sites excluding steroid dienone is 3. The first-order valence-corrected chi connectivity index (χ1v) is 9.66. The Balaban J connectivity index is 1.83. The molecule has 0 bridgehead atoms. The molecule has 6 heteroatoms. The zero-order valence-electron chi connectivity index (χ0n) is 17.0. The van der Waals surface area contributed by atoms with Crippen LogP contribution in [0.5, 0.6) is 0 Å². The number of carbonyl (C=O) groups excluding carboxylic acids is 2. The number of imide groups is 1. The summed E-state index contributed by atoms with van der Waals surface area (Å²) >= 11 is 0. The van der Waals surface area contributed by atoms with Crippen LogP contribution in [0.25, 0.3) is 5.57 Å². The normalized spacial score (nSPS) is 20.0. The van der Waals surface area contributed by atoms with Crippen molar-refractivity contribution in [3.63, 3.8) is 0 Å². The van der Waals surface area contributed by atoms with E-state index in [4.69, 9.17) is 5.11 Å². The summed E-state index contributed by atoms with van der Waals surface area (Å²) in [6, 6.07) is 14.9. The number of carboxylic acid groups (broad SMARTS) is 1. The lowest BCUT2D eigenvalue weighted by Gasteiger charge is -2.27. The first-order valence-electron chi connectivity index (χ1n) is 9.66. The van der Waals surface area contributed by atoms with Crippen molar-refractivity contribution in [2.75, 3.05) is 18.5 Å². The molecule has 0 fully saturated rings. The molecular formula is C24H22N2O4. The monoisotopic (exact) mass is 402 g/mol. The highest BCUT2D eigenvalue weighted by atomic mass is 16.4. The number of benzene rings is 2. The molecule has 152 valence electrons. The Morgan fingerprint density at radius 3 is 2.27 bits per heavy atom. The fraction of sp³-hybridized carbons (Fsp3) is 0.208. The largest absolute Gasteiger partial charge is 0.480 e. The Morgan fingerprint density at radius 2 is 1.60 bits per heavy atom. The number of para-hydroxylation sites is 1. The smallest absolute Gasteiger partial charge is 0.323 e.